The summed E-state index contributed by atoms with van der Waals surface area (Å²) in [6.07, 6.45) is 4.68. The van der Waals surface area contributed by atoms with E-state index < -0.39 is 0 Å². The Morgan fingerprint density at radius 2 is 1.94 bits per heavy atom. The standard InChI is InChI=1S/C14H21NO2S/c1-3-4-5-6-11-15-14(16)12-7-9-13(10-8-12)18-17-2/h7-10H,3-6,11H2,1-2H3,(H,15,16). The van der Waals surface area contributed by atoms with Gasteiger partial charge in [-0.3, -0.25) is 4.79 Å². The van der Waals surface area contributed by atoms with Crippen molar-refractivity contribution in [1.29, 1.82) is 0 Å². The smallest absolute Gasteiger partial charge is 0.251 e. The molecule has 1 amide bonds. The monoisotopic (exact) mass is 267 g/mol. The van der Waals surface area contributed by atoms with Gasteiger partial charge < -0.3 is 9.50 Å². The molecule has 0 fully saturated rings. The van der Waals surface area contributed by atoms with E-state index in [-0.39, 0.29) is 5.91 Å². The van der Waals surface area contributed by atoms with Gasteiger partial charge in [-0.1, -0.05) is 26.2 Å². The molecule has 0 heterocycles. The largest absolute Gasteiger partial charge is 0.352 e. The van der Waals surface area contributed by atoms with Crippen LogP contribution in [0.3, 0.4) is 0 Å². The zero-order valence-corrected chi connectivity index (χ0v) is 11.9. The van der Waals surface area contributed by atoms with Crippen LogP contribution in [0.2, 0.25) is 0 Å². The van der Waals surface area contributed by atoms with Crippen LogP contribution in [-0.4, -0.2) is 19.6 Å². The molecule has 0 aliphatic heterocycles. The summed E-state index contributed by atoms with van der Waals surface area (Å²) in [4.78, 5) is 12.8. The SMILES string of the molecule is CCCCCCNC(=O)c1ccc(SOC)cc1. The van der Waals surface area contributed by atoms with Gasteiger partial charge in [0, 0.05) is 29.0 Å². The quantitative estimate of drug-likeness (QED) is 0.577. The average molecular weight is 267 g/mol. The zero-order valence-electron chi connectivity index (χ0n) is 11.1. The van der Waals surface area contributed by atoms with Gasteiger partial charge in [-0.15, -0.1) is 0 Å². The number of carbonyl (C=O) groups excluding carboxylic acids is 1. The molecule has 18 heavy (non-hydrogen) atoms. The fourth-order valence-corrected chi connectivity index (χ4v) is 2.05. The Balaban J connectivity index is 2.32. The summed E-state index contributed by atoms with van der Waals surface area (Å²) >= 11 is 1.29. The first-order valence-corrected chi connectivity index (χ1v) is 7.11. The van der Waals surface area contributed by atoms with E-state index in [2.05, 4.69) is 12.2 Å². The van der Waals surface area contributed by atoms with E-state index in [4.69, 9.17) is 4.18 Å². The maximum absolute atomic E-state index is 11.8. The lowest BCUT2D eigenvalue weighted by atomic mass is 10.2. The first-order valence-electron chi connectivity index (χ1n) is 6.37. The molecule has 0 unspecified atom stereocenters. The second-order valence-corrected chi connectivity index (χ2v) is 5.06. The van der Waals surface area contributed by atoms with E-state index in [0.29, 0.717) is 5.56 Å². The molecule has 0 radical (unpaired) electrons. The first-order chi connectivity index (χ1) is 8.77. The Bertz CT molecular complexity index is 351. The molecule has 1 N–H and O–H groups in total. The molecule has 0 spiro atoms. The van der Waals surface area contributed by atoms with E-state index in [1.54, 1.807) is 7.11 Å². The molecular weight excluding hydrogens is 246 g/mol. The highest BCUT2D eigenvalue weighted by Gasteiger charge is 2.04. The molecule has 0 aliphatic carbocycles. The minimum Gasteiger partial charge on any atom is -0.352 e. The van der Waals surface area contributed by atoms with Gasteiger partial charge in [0.15, 0.2) is 0 Å². The zero-order chi connectivity index (χ0) is 13.2. The number of hydrogen-bond acceptors (Lipinski definition) is 3. The Kier molecular flexibility index (Phi) is 7.53. The number of unbranched alkanes of at least 4 members (excludes halogenated alkanes) is 3. The van der Waals surface area contributed by atoms with Crippen molar-refractivity contribution in [2.45, 2.75) is 37.5 Å². The second-order valence-electron chi connectivity index (χ2n) is 4.09. The van der Waals surface area contributed by atoms with Gasteiger partial charge in [0.05, 0.1) is 7.11 Å². The van der Waals surface area contributed by atoms with Crippen LogP contribution in [-0.2, 0) is 4.18 Å². The van der Waals surface area contributed by atoms with Crippen LogP contribution >= 0.6 is 12.0 Å². The van der Waals surface area contributed by atoms with Crippen molar-refractivity contribution >= 4 is 17.9 Å². The maximum Gasteiger partial charge on any atom is 0.251 e. The van der Waals surface area contributed by atoms with Gasteiger partial charge in [0.2, 0.25) is 0 Å². The fraction of sp³-hybridized carbons (Fsp3) is 0.500. The van der Waals surface area contributed by atoms with Crippen LogP contribution in [0.4, 0.5) is 0 Å². The molecule has 0 aromatic heterocycles. The number of amides is 1. The van der Waals surface area contributed by atoms with Crippen LogP contribution in [0.25, 0.3) is 0 Å². The third kappa shape index (κ3) is 5.56. The molecular formula is C14H21NO2S. The Morgan fingerprint density at radius 3 is 2.56 bits per heavy atom. The molecule has 0 bridgehead atoms. The van der Waals surface area contributed by atoms with E-state index in [1.165, 1.54) is 31.3 Å². The highest BCUT2D eigenvalue weighted by atomic mass is 32.2. The predicted octanol–water partition coefficient (Wildman–Crippen LogP) is 3.65. The second kappa shape index (κ2) is 9.00. The van der Waals surface area contributed by atoms with E-state index in [0.717, 1.165) is 17.9 Å². The maximum atomic E-state index is 11.8. The third-order valence-corrected chi connectivity index (χ3v) is 3.24. The highest BCUT2D eigenvalue weighted by molar-refractivity contribution is 7.94. The Morgan fingerprint density at radius 1 is 1.22 bits per heavy atom. The van der Waals surface area contributed by atoms with E-state index in [1.807, 2.05) is 24.3 Å². The predicted molar refractivity (Wildman–Crippen MR) is 75.8 cm³/mol. The van der Waals surface area contributed by atoms with Crippen molar-refractivity contribution in [2.24, 2.45) is 0 Å². The van der Waals surface area contributed by atoms with E-state index in [9.17, 15) is 4.79 Å². The Labute approximate surface area is 114 Å². The van der Waals surface area contributed by atoms with E-state index >= 15 is 0 Å². The van der Waals surface area contributed by atoms with Gasteiger partial charge in [-0.05, 0) is 30.7 Å². The summed E-state index contributed by atoms with van der Waals surface area (Å²) in [6, 6.07) is 7.42. The lowest BCUT2D eigenvalue weighted by molar-refractivity contribution is 0.0953. The lowest BCUT2D eigenvalue weighted by Crippen LogP contribution is -2.24. The van der Waals surface area contributed by atoms with Crippen LogP contribution in [0.15, 0.2) is 29.2 Å². The number of nitrogens with one attached hydrogen (secondary N) is 1. The van der Waals surface area contributed by atoms with Crippen molar-refractivity contribution in [3.05, 3.63) is 29.8 Å². The van der Waals surface area contributed by atoms with Gasteiger partial charge in [0.1, 0.15) is 0 Å². The number of benzene rings is 1. The Hall–Kier alpha value is -1.00. The summed E-state index contributed by atoms with van der Waals surface area (Å²) in [5.41, 5.74) is 0.700. The summed E-state index contributed by atoms with van der Waals surface area (Å²) in [7, 11) is 1.63. The lowest BCUT2D eigenvalue weighted by Gasteiger charge is -2.05. The minimum absolute atomic E-state index is 0.000431. The van der Waals surface area contributed by atoms with Crippen LogP contribution in [0.5, 0.6) is 0 Å². The molecule has 100 valence electrons. The normalized spacial score (nSPS) is 10.3. The third-order valence-electron chi connectivity index (χ3n) is 2.61. The van der Waals surface area contributed by atoms with Crippen molar-refractivity contribution < 1.29 is 8.98 Å². The van der Waals surface area contributed by atoms with Crippen LogP contribution in [0.1, 0.15) is 43.0 Å². The molecule has 0 aliphatic rings. The van der Waals surface area contributed by atoms with Gasteiger partial charge in [-0.25, -0.2) is 0 Å². The molecule has 0 saturated heterocycles. The molecule has 1 aromatic rings. The fourth-order valence-electron chi connectivity index (χ4n) is 1.61. The highest BCUT2D eigenvalue weighted by Crippen LogP contribution is 2.18. The van der Waals surface area contributed by atoms with Crippen molar-refractivity contribution in [1.82, 2.24) is 5.32 Å². The first kappa shape index (κ1) is 15.1. The van der Waals surface area contributed by atoms with Gasteiger partial charge in [-0.2, -0.15) is 0 Å². The van der Waals surface area contributed by atoms with Gasteiger partial charge in [0.25, 0.3) is 5.91 Å². The van der Waals surface area contributed by atoms with Crippen LogP contribution in [0, 0.1) is 0 Å². The summed E-state index contributed by atoms with van der Waals surface area (Å²) in [5, 5.41) is 2.93. The molecule has 0 atom stereocenters. The molecule has 1 rings (SSSR count). The number of rotatable bonds is 8. The average Bonchev–Trinajstić information content (AvgIpc) is 2.39. The van der Waals surface area contributed by atoms with Crippen molar-refractivity contribution in [2.75, 3.05) is 13.7 Å². The van der Waals surface area contributed by atoms with Crippen LogP contribution < -0.4 is 5.32 Å². The van der Waals surface area contributed by atoms with Gasteiger partial charge >= 0.3 is 0 Å². The molecule has 3 nitrogen and oxygen atoms in total. The molecule has 1 aromatic carbocycles. The molecule has 0 saturated carbocycles. The van der Waals surface area contributed by atoms with Crippen molar-refractivity contribution in [3.8, 4) is 0 Å². The summed E-state index contributed by atoms with van der Waals surface area (Å²) in [5.74, 6) is 0.000431. The number of hydrogen-bond donors (Lipinski definition) is 1. The molecule has 4 heteroatoms. The summed E-state index contributed by atoms with van der Waals surface area (Å²) < 4.78 is 4.95. The minimum atomic E-state index is 0.000431. The van der Waals surface area contributed by atoms with Crippen molar-refractivity contribution in [3.63, 3.8) is 0 Å². The topological polar surface area (TPSA) is 38.3 Å². The number of carbonyl (C=O) groups is 1. The summed E-state index contributed by atoms with van der Waals surface area (Å²) in [6.45, 7) is 2.94.